The van der Waals surface area contributed by atoms with Gasteiger partial charge in [0.25, 0.3) is 10.0 Å². The maximum absolute atomic E-state index is 13.2. The Bertz CT molecular complexity index is 1020. The molecule has 130 valence electrons. The summed E-state index contributed by atoms with van der Waals surface area (Å²) < 4.78 is 46.1. The molecule has 0 saturated heterocycles. The molecule has 3 rings (SSSR count). The third-order valence-corrected chi connectivity index (χ3v) is 5.28. The summed E-state index contributed by atoms with van der Waals surface area (Å²) in [6.07, 6.45) is 0. The topological polar surface area (TPSA) is 72.2 Å². The number of aryl methyl sites for hydroxylation is 3. The van der Waals surface area contributed by atoms with Crippen molar-refractivity contribution in [2.75, 3.05) is 4.72 Å². The summed E-state index contributed by atoms with van der Waals surface area (Å²) in [5.41, 5.74) is 2.31. The number of rotatable bonds is 4. The van der Waals surface area contributed by atoms with Crippen LogP contribution in [0.2, 0.25) is 0 Å². The molecule has 2 aromatic carbocycles. The SMILES string of the molecule is Cc1nc(-c2ccc(NS(=O)(=O)c3ccc(F)cc3C)cc2)c(C)o1. The van der Waals surface area contributed by atoms with Crippen molar-refractivity contribution in [2.45, 2.75) is 25.7 Å². The summed E-state index contributed by atoms with van der Waals surface area (Å²) in [5, 5.41) is 0. The first-order valence-corrected chi connectivity index (χ1v) is 9.08. The second-order valence-corrected chi connectivity index (χ2v) is 7.38. The van der Waals surface area contributed by atoms with Crippen LogP contribution < -0.4 is 4.72 Å². The van der Waals surface area contributed by atoms with Gasteiger partial charge in [-0.3, -0.25) is 4.72 Å². The van der Waals surface area contributed by atoms with E-state index in [1.165, 1.54) is 12.1 Å². The van der Waals surface area contributed by atoms with E-state index >= 15 is 0 Å². The molecule has 5 nitrogen and oxygen atoms in total. The molecule has 1 aromatic heterocycles. The van der Waals surface area contributed by atoms with Crippen molar-refractivity contribution in [1.82, 2.24) is 4.98 Å². The number of benzene rings is 2. The smallest absolute Gasteiger partial charge is 0.262 e. The molecule has 7 heteroatoms. The minimum Gasteiger partial charge on any atom is -0.446 e. The lowest BCUT2D eigenvalue weighted by Gasteiger charge is -2.11. The minimum atomic E-state index is -3.79. The van der Waals surface area contributed by atoms with Crippen LogP contribution in [0, 0.1) is 26.6 Å². The Kier molecular flexibility index (Phi) is 4.34. The number of oxazole rings is 1. The predicted molar refractivity (Wildman–Crippen MR) is 93.4 cm³/mol. The highest BCUT2D eigenvalue weighted by Crippen LogP contribution is 2.26. The Morgan fingerprint density at radius 2 is 1.72 bits per heavy atom. The summed E-state index contributed by atoms with van der Waals surface area (Å²) in [6, 6.07) is 10.4. The second-order valence-electron chi connectivity index (χ2n) is 5.73. The van der Waals surface area contributed by atoms with E-state index < -0.39 is 15.8 Å². The van der Waals surface area contributed by atoms with Crippen molar-refractivity contribution in [3.8, 4) is 11.3 Å². The third-order valence-electron chi connectivity index (χ3n) is 3.74. The molecule has 0 saturated carbocycles. The van der Waals surface area contributed by atoms with E-state index in [1.807, 2.05) is 6.92 Å². The fourth-order valence-corrected chi connectivity index (χ4v) is 3.90. The van der Waals surface area contributed by atoms with Crippen LogP contribution in [-0.4, -0.2) is 13.4 Å². The molecule has 0 fully saturated rings. The van der Waals surface area contributed by atoms with Crippen molar-refractivity contribution < 1.29 is 17.2 Å². The Balaban J connectivity index is 1.87. The van der Waals surface area contributed by atoms with Crippen molar-refractivity contribution in [2.24, 2.45) is 0 Å². The van der Waals surface area contributed by atoms with Gasteiger partial charge in [-0.15, -0.1) is 0 Å². The van der Waals surface area contributed by atoms with Crippen molar-refractivity contribution in [3.05, 3.63) is 65.5 Å². The first-order chi connectivity index (χ1) is 11.8. The first kappa shape index (κ1) is 17.2. The molecule has 0 aliphatic heterocycles. The van der Waals surface area contributed by atoms with Gasteiger partial charge in [-0.05, 0) is 49.7 Å². The Hall–Kier alpha value is -2.67. The van der Waals surface area contributed by atoms with E-state index in [0.29, 0.717) is 22.9 Å². The van der Waals surface area contributed by atoms with Gasteiger partial charge < -0.3 is 4.42 Å². The van der Waals surface area contributed by atoms with Gasteiger partial charge in [-0.25, -0.2) is 17.8 Å². The van der Waals surface area contributed by atoms with Gasteiger partial charge in [0.15, 0.2) is 5.89 Å². The van der Waals surface area contributed by atoms with Gasteiger partial charge in [-0.2, -0.15) is 0 Å². The molecule has 0 aliphatic rings. The molecule has 1 N–H and O–H groups in total. The zero-order valence-electron chi connectivity index (χ0n) is 14.0. The largest absolute Gasteiger partial charge is 0.446 e. The van der Waals surface area contributed by atoms with Crippen LogP contribution in [0.25, 0.3) is 11.3 Å². The first-order valence-electron chi connectivity index (χ1n) is 7.60. The zero-order chi connectivity index (χ0) is 18.2. The fourth-order valence-electron chi connectivity index (χ4n) is 2.62. The van der Waals surface area contributed by atoms with Crippen LogP contribution in [0.15, 0.2) is 51.8 Å². The zero-order valence-corrected chi connectivity index (χ0v) is 14.8. The van der Waals surface area contributed by atoms with E-state index in [-0.39, 0.29) is 4.90 Å². The van der Waals surface area contributed by atoms with E-state index in [1.54, 1.807) is 38.1 Å². The Labute approximate surface area is 145 Å². The Morgan fingerprint density at radius 1 is 1.04 bits per heavy atom. The quantitative estimate of drug-likeness (QED) is 0.757. The molecular formula is C18H17FN2O3S. The van der Waals surface area contributed by atoms with Gasteiger partial charge in [0.1, 0.15) is 17.3 Å². The van der Waals surface area contributed by atoms with Crippen LogP contribution in [0.4, 0.5) is 10.1 Å². The molecular weight excluding hydrogens is 343 g/mol. The lowest BCUT2D eigenvalue weighted by Crippen LogP contribution is -2.14. The van der Waals surface area contributed by atoms with Crippen LogP contribution >= 0.6 is 0 Å². The average molecular weight is 360 g/mol. The number of sulfonamides is 1. The lowest BCUT2D eigenvalue weighted by atomic mass is 10.1. The number of aromatic nitrogens is 1. The fraction of sp³-hybridized carbons (Fsp3) is 0.167. The number of hydrogen-bond donors (Lipinski definition) is 1. The molecule has 0 unspecified atom stereocenters. The van der Waals surface area contributed by atoms with E-state index in [2.05, 4.69) is 9.71 Å². The molecule has 3 aromatic rings. The second kappa shape index (κ2) is 6.33. The van der Waals surface area contributed by atoms with Gasteiger partial charge in [0, 0.05) is 18.2 Å². The highest BCUT2D eigenvalue weighted by Gasteiger charge is 2.17. The summed E-state index contributed by atoms with van der Waals surface area (Å²) in [5.74, 6) is 0.802. The average Bonchev–Trinajstić information content (AvgIpc) is 2.86. The third kappa shape index (κ3) is 3.56. The van der Waals surface area contributed by atoms with Crippen molar-refractivity contribution >= 4 is 15.7 Å². The molecule has 0 amide bonds. The lowest BCUT2D eigenvalue weighted by molar-refractivity contribution is 0.495. The Morgan fingerprint density at radius 3 is 2.28 bits per heavy atom. The number of anilines is 1. The van der Waals surface area contributed by atoms with E-state index in [0.717, 1.165) is 17.3 Å². The highest BCUT2D eigenvalue weighted by molar-refractivity contribution is 7.92. The van der Waals surface area contributed by atoms with Gasteiger partial charge in [0.2, 0.25) is 0 Å². The van der Waals surface area contributed by atoms with Crippen LogP contribution in [0.3, 0.4) is 0 Å². The summed E-state index contributed by atoms with van der Waals surface area (Å²) in [6.45, 7) is 5.14. The maximum atomic E-state index is 13.2. The summed E-state index contributed by atoms with van der Waals surface area (Å²) >= 11 is 0. The standard InChI is InChI=1S/C18H17FN2O3S/c1-11-10-15(19)6-9-17(11)25(22,23)21-16-7-4-14(5-8-16)18-12(2)24-13(3)20-18/h4-10,21H,1-3H3. The molecule has 0 radical (unpaired) electrons. The van der Waals surface area contributed by atoms with Gasteiger partial charge in [-0.1, -0.05) is 12.1 Å². The van der Waals surface area contributed by atoms with Crippen molar-refractivity contribution in [3.63, 3.8) is 0 Å². The minimum absolute atomic E-state index is 0.0425. The maximum Gasteiger partial charge on any atom is 0.262 e. The predicted octanol–water partition coefficient (Wildman–Crippen LogP) is 4.21. The van der Waals surface area contributed by atoms with Crippen LogP contribution in [0.5, 0.6) is 0 Å². The number of hydrogen-bond acceptors (Lipinski definition) is 4. The molecule has 1 heterocycles. The van der Waals surface area contributed by atoms with E-state index in [4.69, 9.17) is 4.42 Å². The van der Waals surface area contributed by atoms with Crippen molar-refractivity contribution in [1.29, 1.82) is 0 Å². The van der Waals surface area contributed by atoms with Gasteiger partial charge in [0.05, 0.1) is 4.90 Å². The normalized spacial score (nSPS) is 11.5. The number of halogens is 1. The molecule has 25 heavy (non-hydrogen) atoms. The molecule has 0 bridgehead atoms. The molecule has 0 aliphatic carbocycles. The summed E-state index contributed by atoms with van der Waals surface area (Å²) in [7, 11) is -3.79. The number of nitrogens with one attached hydrogen (secondary N) is 1. The molecule has 0 atom stereocenters. The van der Waals surface area contributed by atoms with Crippen LogP contribution in [-0.2, 0) is 10.0 Å². The van der Waals surface area contributed by atoms with Crippen LogP contribution in [0.1, 0.15) is 17.2 Å². The highest BCUT2D eigenvalue weighted by atomic mass is 32.2. The van der Waals surface area contributed by atoms with E-state index in [9.17, 15) is 12.8 Å². The molecule has 0 spiro atoms. The number of nitrogens with zero attached hydrogens (tertiary/aromatic N) is 1. The summed E-state index contributed by atoms with van der Waals surface area (Å²) in [4.78, 5) is 4.35. The van der Waals surface area contributed by atoms with Gasteiger partial charge >= 0.3 is 0 Å². The monoisotopic (exact) mass is 360 g/mol.